The molecule has 2 unspecified atom stereocenters. The van der Waals surface area contributed by atoms with E-state index in [2.05, 4.69) is 38.1 Å². The van der Waals surface area contributed by atoms with Gasteiger partial charge in [-0.2, -0.15) is 0 Å². The summed E-state index contributed by atoms with van der Waals surface area (Å²) in [6.45, 7) is 5.21. The maximum atomic E-state index is 5.96. The minimum absolute atomic E-state index is 0.199. The molecule has 0 aromatic heterocycles. The number of benzene rings is 1. The van der Waals surface area contributed by atoms with E-state index in [9.17, 15) is 0 Å². The number of hydrogen-bond donors (Lipinski definition) is 1. The van der Waals surface area contributed by atoms with Crippen LogP contribution in [0.5, 0.6) is 0 Å². The van der Waals surface area contributed by atoms with Crippen LogP contribution in [-0.2, 0) is 4.74 Å². The number of nitrogens with two attached hydrogens (primary N) is 1. The molecule has 0 saturated carbocycles. The van der Waals surface area contributed by atoms with E-state index in [-0.39, 0.29) is 6.10 Å². The van der Waals surface area contributed by atoms with Gasteiger partial charge in [-0.15, -0.1) is 0 Å². The summed E-state index contributed by atoms with van der Waals surface area (Å²) in [5.74, 6) is 0.587. The van der Waals surface area contributed by atoms with Crippen molar-refractivity contribution >= 4 is 0 Å². The van der Waals surface area contributed by atoms with Gasteiger partial charge >= 0.3 is 0 Å². The van der Waals surface area contributed by atoms with Crippen LogP contribution >= 0.6 is 0 Å². The van der Waals surface area contributed by atoms with Crippen LogP contribution in [0, 0.1) is 0 Å². The molecule has 16 heavy (non-hydrogen) atoms. The van der Waals surface area contributed by atoms with Gasteiger partial charge in [0.2, 0.25) is 0 Å². The summed E-state index contributed by atoms with van der Waals surface area (Å²) >= 11 is 0. The average Bonchev–Trinajstić information content (AvgIpc) is 2.29. The second-order valence-corrected chi connectivity index (χ2v) is 4.97. The van der Waals surface area contributed by atoms with Crippen LogP contribution < -0.4 is 5.73 Å². The van der Waals surface area contributed by atoms with E-state index >= 15 is 0 Å². The molecule has 0 amide bonds. The summed E-state index contributed by atoms with van der Waals surface area (Å²) in [7, 11) is 0. The van der Waals surface area contributed by atoms with E-state index in [1.165, 1.54) is 11.1 Å². The second kappa shape index (κ2) is 4.98. The lowest BCUT2D eigenvalue weighted by atomic mass is 9.95. The Kier molecular flexibility index (Phi) is 3.62. The van der Waals surface area contributed by atoms with Crippen LogP contribution in [0.2, 0.25) is 0 Å². The summed E-state index contributed by atoms with van der Waals surface area (Å²) in [5, 5.41) is 0. The van der Waals surface area contributed by atoms with Crippen molar-refractivity contribution in [2.24, 2.45) is 5.73 Å². The third-order valence-electron chi connectivity index (χ3n) is 3.30. The highest BCUT2D eigenvalue weighted by atomic mass is 16.5. The minimum Gasteiger partial charge on any atom is -0.373 e. The summed E-state index contributed by atoms with van der Waals surface area (Å²) in [6.07, 6.45) is 2.13. The van der Waals surface area contributed by atoms with Gasteiger partial charge in [-0.1, -0.05) is 38.1 Å². The topological polar surface area (TPSA) is 35.2 Å². The zero-order chi connectivity index (χ0) is 11.5. The van der Waals surface area contributed by atoms with E-state index in [0.29, 0.717) is 12.0 Å². The fourth-order valence-electron chi connectivity index (χ4n) is 2.15. The first-order valence-electron chi connectivity index (χ1n) is 6.14. The van der Waals surface area contributed by atoms with Gasteiger partial charge < -0.3 is 10.5 Å². The molecule has 2 N–H and O–H groups in total. The quantitative estimate of drug-likeness (QED) is 0.830. The van der Waals surface area contributed by atoms with Crippen LogP contribution in [0.1, 0.15) is 49.8 Å². The van der Waals surface area contributed by atoms with Gasteiger partial charge in [0.1, 0.15) is 0 Å². The standard InChI is InChI=1S/C14H21NO/c1-10(2)11-3-5-12(6-4-11)14-9-13(15)7-8-16-14/h3-6,10,13-14H,7-9,15H2,1-2H3. The summed E-state index contributed by atoms with van der Waals surface area (Å²) in [4.78, 5) is 0. The molecular weight excluding hydrogens is 198 g/mol. The smallest absolute Gasteiger partial charge is 0.0839 e. The Balaban J connectivity index is 2.09. The fraction of sp³-hybridized carbons (Fsp3) is 0.571. The molecule has 0 spiro atoms. The molecule has 1 aromatic rings. The van der Waals surface area contributed by atoms with Gasteiger partial charge in [0, 0.05) is 12.6 Å². The molecule has 2 heteroatoms. The van der Waals surface area contributed by atoms with Crippen LogP contribution in [0.15, 0.2) is 24.3 Å². The van der Waals surface area contributed by atoms with E-state index in [1.807, 2.05) is 0 Å². The van der Waals surface area contributed by atoms with Crippen LogP contribution in [0.3, 0.4) is 0 Å². The van der Waals surface area contributed by atoms with Gasteiger partial charge in [-0.25, -0.2) is 0 Å². The normalized spacial score (nSPS) is 26.0. The monoisotopic (exact) mass is 219 g/mol. The van der Waals surface area contributed by atoms with E-state index in [1.54, 1.807) is 0 Å². The molecule has 1 fully saturated rings. The van der Waals surface area contributed by atoms with Crippen molar-refractivity contribution in [3.8, 4) is 0 Å². The Hall–Kier alpha value is -0.860. The van der Waals surface area contributed by atoms with Crippen molar-refractivity contribution in [3.63, 3.8) is 0 Å². The van der Waals surface area contributed by atoms with Crippen LogP contribution in [0.4, 0.5) is 0 Å². The molecular formula is C14H21NO. The third kappa shape index (κ3) is 2.63. The Labute approximate surface area is 97.8 Å². The van der Waals surface area contributed by atoms with Gasteiger partial charge in [0.25, 0.3) is 0 Å². The van der Waals surface area contributed by atoms with Gasteiger partial charge in [-0.05, 0) is 29.9 Å². The van der Waals surface area contributed by atoms with Crippen molar-refractivity contribution in [2.45, 2.75) is 44.8 Å². The molecule has 0 bridgehead atoms. The van der Waals surface area contributed by atoms with Crippen molar-refractivity contribution in [1.82, 2.24) is 0 Å². The van der Waals surface area contributed by atoms with Crippen LogP contribution in [0.25, 0.3) is 0 Å². The SMILES string of the molecule is CC(C)c1ccc(C2CC(N)CCO2)cc1. The molecule has 1 heterocycles. The lowest BCUT2D eigenvalue weighted by Gasteiger charge is -2.27. The predicted octanol–water partition coefficient (Wildman–Crippen LogP) is 2.99. The van der Waals surface area contributed by atoms with Gasteiger partial charge in [-0.3, -0.25) is 0 Å². The van der Waals surface area contributed by atoms with Crippen molar-refractivity contribution in [2.75, 3.05) is 6.61 Å². The zero-order valence-electron chi connectivity index (χ0n) is 10.1. The largest absolute Gasteiger partial charge is 0.373 e. The predicted molar refractivity (Wildman–Crippen MR) is 66.4 cm³/mol. The zero-order valence-corrected chi connectivity index (χ0v) is 10.1. The van der Waals surface area contributed by atoms with Gasteiger partial charge in [0.05, 0.1) is 6.10 Å². The Morgan fingerprint density at radius 3 is 2.50 bits per heavy atom. The highest BCUT2D eigenvalue weighted by molar-refractivity contribution is 5.26. The van der Waals surface area contributed by atoms with Crippen molar-refractivity contribution in [3.05, 3.63) is 35.4 Å². The number of rotatable bonds is 2. The van der Waals surface area contributed by atoms with E-state index in [4.69, 9.17) is 10.5 Å². The molecule has 1 aromatic carbocycles. The second-order valence-electron chi connectivity index (χ2n) is 4.97. The maximum Gasteiger partial charge on any atom is 0.0839 e. The molecule has 1 aliphatic rings. The highest BCUT2D eigenvalue weighted by Crippen LogP contribution is 2.28. The van der Waals surface area contributed by atoms with Crippen LogP contribution in [-0.4, -0.2) is 12.6 Å². The Bertz CT molecular complexity index is 331. The summed E-state index contributed by atoms with van der Waals surface area (Å²) in [5.41, 5.74) is 8.60. The molecule has 0 aliphatic carbocycles. The number of hydrogen-bond acceptors (Lipinski definition) is 2. The summed E-state index contributed by atoms with van der Waals surface area (Å²) in [6, 6.07) is 9.05. The Morgan fingerprint density at radius 2 is 1.94 bits per heavy atom. The first-order valence-corrected chi connectivity index (χ1v) is 6.14. The molecule has 88 valence electrons. The lowest BCUT2D eigenvalue weighted by Crippen LogP contribution is -2.30. The highest BCUT2D eigenvalue weighted by Gasteiger charge is 2.21. The minimum atomic E-state index is 0.199. The Morgan fingerprint density at radius 1 is 1.25 bits per heavy atom. The molecule has 2 atom stereocenters. The maximum absolute atomic E-state index is 5.96. The first kappa shape index (κ1) is 11.6. The average molecular weight is 219 g/mol. The van der Waals surface area contributed by atoms with Crippen molar-refractivity contribution < 1.29 is 4.74 Å². The summed E-state index contributed by atoms with van der Waals surface area (Å²) < 4.78 is 5.75. The molecule has 1 aliphatic heterocycles. The number of ether oxygens (including phenoxy) is 1. The van der Waals surface area contributed by atoms with Gasteiger partial charge in [0.15, 0.2) is 0 Å². The molecule has 2 rings (SSSR count). The molecule has 1 saturated heterocycles. The lowest BCUT2D eigenvalue weighted by molar-refractivity contribution is 0.00667. The third-order valence-corrected chi connectivity index (χ3v) is 3.30. The molecule has 2 nitrogen and oxygen atoms in total. The van der Waals surface area contributed by atoms with E-state index in [0.717, 1.165) is 19.4 Å². The van der Waals surface area contributed by atoms with E-state index < -0.39 is 0 Å². The first-order chi connectivity index (χ1) is 7.66. The fourth-order valence-corrected chi connectivity index (χ4v) is 2.15. The molecule has 0 radical (unpaired) electrons. The van der Waals surface area contributed by atoms with Crippen molar-refractivity contribution in [1.29, 1.82) is 0 Å².